The lowest BCUT2D eigenvalue weighted by molar-refractivity contribution is 0.646. The summed E-state index contributed by atoms with van der Waals surface area (Å²) in [7, 11) is 0. The summed E-state index contributed by atoms with van der Waals surface area (Å²) >= 11 is 5.90. The molecule has 19 heavy (non-hydrogen) atoms. The molecule has 0 aliphatic rings. The summed E-state index contributed by atoms with van der Waals surface area (Å²) in [4.78, 5) is 0. The summed E-state index contributed by atoms with van der Waals surface area (Å²) in [5.41, 5.74) is 9.91. The van der Waals surface area contributed by atoms with Crippen LogP contribution in [-0.4, -0.2) is 0 Å². The van der Waals surface area contributed by atoms with E-state index in [2.05, 4.69) is 38.1 Å². The Labute approximate surface area is 120 Å². The minimum atomic E-state index is -0.0932. The van der Waals surface area contributed by atoms with Crippen molar-refractivity contribution in [1.29, 1.82) is 0 Å². The molecule has 0 heterocycles. The van der Waals surface area contributed by atoms with Gasteiger partial charge in [0.15, 0.2) is 0 Å². The summed E-state index contributed by atoms with van der Waals surface area (Å²) in [5.74, 6) is 0.655. The molecule has 0 amide bonds. The molecular formula is C17H20ClN. The molecule has 1 nitrogen and oxygen atoms in total. The van der Waals surface area contributed by atoms with Gasteiger partial charge in [-0.2, -0.15) is 0 Å². The Bertz CT molecular complexity index is 531. The van der Waals surface area contributed by atoms with Crippen LogP contribution in [0.5, 0.6) is 0 Å². The highest BCUT2D eigenvalue weighted by atomic mass is 35.5. The van der Waals surface area contributed by atoms with Crippen LogP contribution in [0.25, 0.3) is 0 Å². The minimum absolute atomic E-state index is 0.0932. The molecule has 0 aliphatic carbocycles. The Hall–Kier alpha value is -1.31. The molecule has 1 unspecified atom stereocenters. The van der Waals surface area contributed by atoms with Crippen LogP contribution >= 0.6 is 11.6 Å². The van der Waals surface area contributed by atoms with Crippen molar-refractivity contribution in [2.45, 2.75) is 26.3 Å². The normalized spacial score (nSPS) is 12.7. The third kappa shape index (κ3) is 3.82. The third-order valence-corrected chi connectivity index (χ3v) is 3.44. The van der Waals surface area contributed by atoms with Gasteiger partial charge in [-0.3, -0.25) is 0 Å². The Morgan fingerprint density at radius 2 is 1.68 bits per heavy atom. The van der Waals surface area contributed by atoms with E-state index in [0.29, 0.717) is 5.92 Å². The van der Waals surface area contributed by atoms with E-state index in [9.17, 15) is 0 Å². The highest BCUT2D eigenvalue weighted by Crippen LogP contribution is 2.22. The highest BCUT2D eigenvalue weighted by molar-refractivity contribution is 6.30. The number of halogens is 1. The lowest BCUT2D eigenvalue weighted by Crippen LogP contribution is -2.12. The Morgan fingerprint density at radius 1 is 1.00 bits per heavy atom. The second kappa shape index (κ2) is 6.23. The molecule has 0 saturated carbocycles. The first-order chi connectivity index (χ1) is 9.06. The predicted molar refractivity (Wildman–Crippen MR) is 82.5 cm³/mol. The minimum Gasteiger partial charge on any atom is -0.320 e. The zero-order valence-electron chi connectivity index (χ0n) is 11.4. The number of rotatable bonds is 4. The first-order valence-corrected chi connectivity index (χ1v) is 7.04. The number of hydrogen-bond donors (Lipinski definition) is 1. The SMILES string of the molecule is CC(C)Cc1cccc(C(N)c2ccc(Cl)cc2)c1. The highest BCUT2D eigenvalue weighted by Gasteiger charge is 2.09. The second-order valence-corrected chi connectivity index (χ2v) is 5.81. The summed E-state index contributed by atoms with van der Waals surface area (Å²) < 4.78 is 0. The Morgan fingerprint density at radius 3 is 2.32 bits per heavy atom. The predicted octanol–water partition coefficient (Wildman–Crippen LogP) is 4.59. The molecule has 0 aliphatic heterocycles. The molecule has 2 aromatic carbocycles. The van der Waals surface area contributed by atoms with E-state index in [1.54, 1.807) is 0 Å². The number of nitrogens with two attached hydrogens (primary N) is 1. The Kier molecular flexibility index (Phi) is 4.62. The fourth-order valence-electron chi connectivity index (χ4n) is 2.25. The van der Waals surface area contributed by atoms with Crippen molar-refractivity contribution in [3.63, 3.8) is 0 Å². The molecule has 100 valence electrons. The molecule has 2 heteroatoms. The molecule has 1 atom stereocenters. The van der Waals surface area contributed by atoms with Crippen molar-refractivity contribution in [3.05, 3.63) is 70.2 Å². The molecule has 2 N–H and O–H groups in total. The van der Waals surface area contributed by atoms with Crippen molar-refractivity contribution in [2.75, 3.05) is 0 Å². The van der Waals surface area contributed by atoms with Gasteiger partial charge in [0.05, 0.1) is 6.04 Å². The molecule has 2 aromatic rings. The van der Waals surface area contributed by atoms with Crippen molar-refractivity contribution >= 4 is 11.6 Å². The largest absolute Gasteiger partial charge is 0.320 e. The fraction of sp³-hybridized carbons (Fsp3) is 0.294. The average Bonchev–Trinajstić information content (AvgIpc) is 2.38. The lowest BCUT2D eigenvalue weighted by atomic mass is 9.95. The molecule has 2 rings (SSSR count). The van der Waals surface area contributed by atoms with Crippen LogP contribution in [0.3, 0.4) is 0 Å². The van der Waals surface area contributed by atoms with Gasteiger partial charge in [-0.15, -0.1) is 0 Å². The van der Waals surface area contributed by atoms with Gasteiger partial charge in [0.1, 0.15) is 0 Å². The van der Waals surface area contributed by atoms with E-state index in [4.69, 9.17) is 17.3 Å². The summed E-state index contributed by atoms with van der Waals surface area (Å²) in [6, 6.07) is 16.2. The van der Waals surface area contributed by atoms with E-state index in [-0.39, 0.29) is 6.04 Å². The first kappa shape index (κ1) is 14.1. The third-order valence-electron chi connectivity index (χ3n) is 3.18. The van der Waals surface area contributed by atoms with Crippen LogP contribution in [0.1, 0.15) is 36.6 Å². The van der Waals surface area contributed by atoms with Crippen LogP contribution in [0, 0.1) is 5.92 Å². The molecule has 0 fully saturated rings. The van der Waals surface area contributed by atoms with Gasteiger partial charge < -0.3 is 5.73 Å². The number of hydrogen-bond acceptors (Lipinski definition) is 1. The van der Waals surface area contributed by atoms with Gasteiger partial charge >= 0.3 is 0 Å². The smallest absolute Gasteiger partial charge is 0.0551 e. The maximum absolute atomic E-state index is 6.32. The van der Waals surface area contributed by atoms with Crippen LogP contribution in [0.4, 0.5) is 0 Å². The van der Waals surface area contributed by atoms with Gasteiger partial charge in [0, 0.05) is 5.02 Å². The summed E-state index contributed by atoms with van der Waals surface area (Å²) in [6.45, 7) is 4.46. The summed E-state index contributed by atoms with van der Waals surface area (Å²) in [5, 5.41) is 0.740. The summed E-state index contributed by atoms with van der Waals surface area (Å²) in [6.07, 6.45) is 1.08. The second-order valence-electron chi connectivity index (χ2n) is 5.37. The van der Waals surface area contributed by atoms with Crippen molar-refractivity contribution in [3.8, 4) is 0 Å². The maximum atomic E-state index is 6.32. The zero-order chi connectivity index (χ0) is 13.8. The van der Waals surface area contributed by atoms with Crippen molar-refractivity contribution < 1.29 is 0 Å². The van der Waals surface area contributed by atoms with Gasteiger partial charge in [-0.25, -0.2) is 0 Å². The van der Waals surface area contributed by atoms with E-state index < -0.39 is 0 Å². The van der Waals surface area contributed by atoms with E-state index in [0.717, 1.165) is 22.6 Å². The van der Waals surface area contributed by atoms with Crippen molar-refractivity contribution in [2.24, 2.45) is 11.7 Å². The van der Waals surface area contributed by atoms with Gasteiger partial charge in [0.25, 0.3) is 0 Å². The molecule has 0 saturated heterocycles. The molecule has 0 radical (unpaired) electrons. The topological polar surface area (TPSA) is 26.0 Å². The molecular weight excluding hydrogens is 254 g/mol. The standard InChI is InChI=1S/C17H20ClN/c1-12(2)10-13-4-3-5-15(11-13)17(19)14-6-8-16(18)9-7-14/h3-9,11-12,17H,10,19H2,1-2H3. The molecule has 0 spiro atoms. The van der Waals surface area contributed by atoms with Gasteiger partial charge in [0.2, 0.25) is 0 Å². The first-order valence-electron chi connectivity index (χ1n) is 6.66. The van der Waals surface area contributed by atoms with E-state index in [1.165, 1.54) is 5.56 Å². The monoisotopic (exact) mass is 273 g/mol. The van der Waals surface area contributed by atoms with Crippen LogP contribution in [-0.2, 0) is 6.42 Å². The fourth-order valence-corrected chi connectivity index (χ4v) is 2.37. The lowest BCUT2D eigenvalue weighted by Gasteiger charge is -2.14. The van der Waals surface area contributed by atoms with Crippen LogP contribution in [0.2, 0.25) is 5.02 Å². The average molecular weight is 274 g/mol. The molecule has 0 aromatic heterocycles. The van der Waals surface area contributed by atoms with Gasteiger partial charge in [-0.05, 0) is 41.2 Å². The molecule has 0 bridgehead atoms. The zero-order valence-corrected chi connectivity index (χ0v) is 12.2. The Balaban J connectivity index is 2.23. The van der Waals surface area contributed by atoms with Gasteiger partial charge in [-0.1, -0.05) is 61.8 Å². The van der Waals surface area contributed by atoms with Crippen LogP contribution < -0.4 is 5.73 Å². The maximum Gasteiger partial charge on any atom is 0.0551 e. The quantitative estimate of drug-likeness (QED) is 0.866. The van der Waals surface area contributed by atoms with Crippen molar-refractivity contribution in [1.82, 2.24) is 0 Å². The van der Waals surface area contributed by atoms with E-state index in [1.807, 2.05) is 24.3 Å². The van der Waals surface area contributed by atoms with E-state index >= 15 is 0 Å². The number of benzene rings is 2. The van der Waals surface area contributed by atoms with Crippen LogP contribution in [0.15, 0.2) is 48.5 Å².